The van der Waals surface area contributed by atoms with Gasteiger partial charge in [-0.25, -0.2) is 8.42 Å². The predicted octanol–water partition coefficient (Wildman–Crippen LogP) is 5.06. The molecule has 0 spiro atoms. The number of nitrogens with zero attached hydrogens (tertiary/aromatic N) is 1. The number of nitrogens with one attached hydrogen (secondary N) is 1. The third kappa shape index (κ3) is 5.14. The fourth-order valence-electron chi connectivity index (χ4n) is 3.52. The van der Waals surface area contributed by atoms with Gasteiger partial charge in [-0.15, -0.1) is 0 Å². The van der Waals surface area contributed by atoms with Gasteiger partial charge in [-0.2, -0.15) is 0 Å². The number of aryl methyl sites for hydroxylation is 4. The van der Waals surface area contributed by atoms with E-state index in [1.54, 1.807) is 36.4 Å². The van der Waals surface area contributed by atoms with Gasteiger partial charge in [0.25, 0.3) is 10.0 Å². The number of hydrogen-bond donors (Lipinski definition) is 1. The van der Waals surface area contributed by atoms with Gasteiger partial charge in [0.2, 0.25) is 5.91 Å². The van der Waals surface area contributed by atoms with Gasteiger partial charge < -0.3 is 5.32 Å². The highest BCUT2D eigenvalue weighted by Crippen LogP contribution is 2.29. The topological polar surface area (TPSA) is 66.5 Å². The summed E-state index contributed by atoms with van der Waals surface area (Å²) in [7, 11) is -3.94. The molecule has 1 N–H and O–H groups in total. The van der Waals surface area contributed by atoms with E-state index < -0.39 is 15.9 Å². The fraction of sp³-hybridized carbons (Fsp3) is 0.240. The first-order chi connectivity index (χ1) is 14.6. The molecule has 5 nitrogen and oxygen atoms in total. The zero-order chi connectivity index (χ0) is 22.8. The lowest BCUT2D eigenvalue weighted by molar-refractivity contribution is -0.114. The molecule has 0 heterocycles. The Bertz CT molecular complexity index is 1200. The van der Waals surface area contributed by atoms with Gasteiger partial charge in [0, 0.05) is 5.69 Å². The van der Waals surface area contributed by atoms with Crippen molar-refractivity contribution in [3.63, 3.8) is 0 Å². The van der Waals surface area contributed by atoms with Gasteiger partial charge in [-0.05, 0) is 87.2 Å². The van der Waals surface area contributed by atoms with Gasteiger partial charge >= 0.3 is 0 Å². The normalized spacial score (nSPS) is 11.3. The summed E-state index contributed by atoms with van der Waals surface area (Å²) < 4.78 is 28.3. The summed E-state index contributed by atoms with van der Waals surface area (Å²) in [5.41, 5.74) is 5.92. The summed E-state index contributed by atoms with van der Waals surface area (Å²) in [5, 5.41) is 2.85. The zero-order valence-corrected chi connectivity index (χ0v) is 19.4. The molecule has 0 aliphatic rings. The summed E-state index contributed by atoms with van der Waals surface area (Å²) >= 11 is 0. The predicted molar refractivity (Wildman–Crippen MR) is 126 cm³/mol. The Labute approximate surface area is 184 Å². The number of amides is 1. The molecule has 0 bridgehead atoms. The summed E-state index contributed by atoms with van der Waals surface area (Å²) in [6, 6.07) is 17.9. The second-order valence-electron chi connectivity index (χ2n) is 7.97. The molecular weight excluding hydrogens is 408 g/mol. The van der Waals surface area contributed by atoms with Crippen molar-refractivity contribution in [1.82, 2.24) is 0 Å². The number of hydrogen-bond acceptors (Lipinski definition) is 3. The van der Waals surface area contributed by atoms with Crippen LogP contribution in [0.4, 0.5) is 11.4 Å². The van der Waals surface area contributed by atoms with E-state index in [1.165, 1.54) is 4.31 Å². The van der Waals surface area contributed by atoms with Crippen LogP contribution >= 0.6 is 0 Å². The third-order valence-corrected chi connectivity index (χ3v) is 7.02. The third-order valence-electron chi connectivity index (χ3n) is 5.25. The van der Waals surface area contributed by atoms with Crippen LogP contribution in [0.2, 0.25) is 0 Å². The van der Waals surface area contributed by atoms with Crippen LogP contribution in [0.15, 0.2) is 65.6 Å². The van der Waals surface area contributed by atoms with Crippen LogP contribution in [0.5, 0.6) is 0 Å². The maximum atomic E-state index is 13.5. The van der Waals surface area contributed by atoms with Crippen molar-refractivity contribution in [2.24, 2.45) is 0 Å². The maximum absolute atomic E-state index is 13.5. The van der Waals surface area contributed by atoms with Crippen LogP contribution in [0, 0.1) is 34.6 Å². The lowest BCUT2D eigenvalue weighted by atomic mass is 10.1. The van der Waals surface area contributed by atoms with Gasteiger partial charge in [-0.1, -0.05) is 35.9 Å². The number of benzene rings is 3. The largest absolute Gasteiger partial charge is 0.324 e. The fourth-order valence-corrected chi connectivity index (χ4v) is 5.00. The van der Waals surface area contributed by atoms with Crippen LogP contribution in [0.1, 0.15) is 27.8 Å². The molecule has 0 aliphatic heterocycles. The average Bonchev–Trinajstić information content (AvgIpc) is 2.68. The molecule has 0 saturated heterocycles. The molecule has 0 atom stereocenters. The molecule has 0 unspecified atom stereocenters. The smallest absolute Gasteiger partial charge is 0.264 e. The quantitative estimate of drug-likeness (QED) is 0.587. The highest BCUT2D eigenvalue weighted by atomic mass is 32.2. The van der Waals surface area contributed by atoms with Crippen molar-refractivity contribution in [3.05, 3.63) is 88.5 Å². The number of sulfonamides is 1. The molecule has 0 fully saturated rings. The number of rotatable bonds is 6. The lowest BCUT2D eigenvalue weighted by Gasteiger charge is -2.26. The van der Waals surface area contributed by atoms with Crippen molar-refractivity contribution >= 4 is 27.3 Å². The van der Waals surface area contributed by atoms with Gasteiger partial charge in [0.05, 0.1) is 10.6 Å². The van der Waals surface area contributed by atoms with Crippen molar-refractivity contribution in [1.29, 1.82) is 0 Å². The summed E-state index contributed by atoms with van der Waals surface area (Å²) in [6.07, 6.45) is 0. The minimum atomic E-state index is -3.94. The van der Waals surface area contributed by atoms with Crippen molar-refractivity contribution < 1.29 is 13.2 Å². The first-order valence-electron chi connectivity index (χ1n) is 10.1. The van der Waals surface area contributed by atoms with Crippen LogP contribution < -0.4 is 9.62 Å². The molecular formula is C25H28N2O3S. The van der Waals surface area contributed by atoms with Crippen LogP contribution in [-0.2, 0) is 14.8 Å². The van der Waals surface area contributed by atoms with E-state index in [0.29, 0.717) is 11.4 Å². The molecule has 3 aromatic carbocycles. The van der Waals surface area contributed by atoms with E-state index in [-0.39, 0.29) is 11.4 Å². The van der Waals surface area contributed by atoms with Gasteiger partial charge in [0.1, 0.15) is 6.54 Å². The van der Waals surface area contributed by atoms with Crippen molar-refractivity contribution in [2.45, 2.75) is 39.5 Å². The van der Waals surface area contributed by atoms with Gasteiger partial charge in [-0.3, -0.25) is 9.10 Å². The summed E-state index contributed by atoms with van der Waals surface area (Å²) in [5.74, 6) is -0.401. The van der Waals surface area contributed by atoms with E-state index >= 15 is 0 Å². The lowest BCUT2D eigenvalue weighted by Crippen LogP contribution is -2.38. The molecule has 31 heavy (non-hydrogen) atoms. The van der Waals surface area contributed by atoms with E-state index in [2.05, 4.69) is 5.32 Å². The minimum absolute atomic E-state index is 0.151. The molecule has 3 rings (SSSR count). The maximum Gasteiger partial charge on any atom is 0.264 e. The Kier molecular flexibility index (Phi) is 6.51. The van der Waals surface area contributed by atoms with E-state index in [0.717, 1.165) is 27.8 Å². The van der Waals surface area contributed by atoms with Crippen LogP contribution in [-0.4, -0.2) is 20.9 Å². The molecule has 162 valence electrons. The Morgan fingerprint density at radius 3 is 2.06 bits per heavy atom. The van der Waals surface area contributed by atoms with Crippen molar-refractivity contribution in [3.8, 4) is 0 Å². The van der Waals surface area contributed by atoms with E-state index in [1.807, 2.05) is 58.9 Å². The molecule has 0 saturated carbocycles. The molecule has 0 radical (unpaired) electrons. The molecule has 3 aromatic rings. The highest BCUT2D eigenvalue weighted by molar-refractivity contribution is 7.92. The van der Waals surface area contributed by atoms with Gasteiger partial charge in [0.15, 0.2) is 0 Å². The molecule has 0 aromatic heterocycles. The number of carbonyl (C=O) groups excluding carboxylic acids is 1. The van der Waals surface area contributed by atoms with Crippen LogP contribution in [0.3, 0.4) is 0 Å². The zero-order valence-electron chi connectivity index (χ0n) is 18.6. The Hall–Kier alpha value is -3.12. The first-order valence-corrected chi connectivity index (χ1v) is 11.6. The summed E-state index contributed by atoms with van der Waals surface area (Å²) in [6.45, 7) is 9.26. The molecule has 1 amide bonds. The number of carbonyl (C=O) groups is 1. The molecule has 0 aliphatic carbocycles. The van der Waals surface area contributed by atoms with E-state index in [9.17, 15) is 13.2 Å². The molecule has 6 heteroatoms. The number of anilines is 2. The second-order valence-corrected chi connectivity index (χ2v) is 9.83. The Morgan fingerprint density at radius 1 is 0.839 bits per heavy atom. The summed E-state index contributed by atoms with van der Waals surface area (Å²) in [4.78, 5) is 13.1. The minimum Gasteiger partial charge on any atom is -0.324 e. The average molecular weight is 437 g/mol. The Balaban J connectivity index is 2.00. The second kappa shape index (κ2) is 8.94. The van der Waals surface area contributed by atoms with E-state index in [4.69, 9.17) is 0 Å². The first kappa shape index (κ1) is 22.6. The highest BCUT2D eigenvalue weighted by Gasteiger charge is 2.28. The van der Waals surface area contributed by atoms with Crippen LogP contribution in [0.25, 0.3) is 0 Å². The Morgan fingerprint density at radius 2 is 1.45 bits per heavy atom. The SMILES string of the molecule is Cc1ccc(S(=O)(=O)N(CC(=O)Nc2cc(C)cc(C)c2)c2cccc(C)c2C)cc1. The standard InChI is InChI=1S/C25H28N2O3S/c1-17-9-11-23(12-10-17)31(29,30)27(24-8-6-7-20(4)21(24)5)16-25(28)26-22-14-18(2)13-19(3)15-22/h6-15H,16H2,1-5H3,(H,26,28). The monoisotopic (exact) mass is 436 g/mol. The van der Waals surface area contributed by atoms with Crippen molar-refractivity contribution in [2.75, 3.05) is 16.2 Å².